The lowest BCUT2D eigenvalue weighted by atomic mass is 9.89. The van der Waals surface area contributed by atoms with E-state index >= 15 is 0 Å². The molecule has 0 spiro atoms. The molecule has 3 rings (SSSR count). The lowest BCUT2D eigenvalue weighted by Crippen LogP contribution is -2.08. The summed E-state index contributed by atoms with van der Waals surface area (Å²) in [5.41, 5.74) is 5.66. The van der Waals surface area contributed by atoms with Crippen LogP contribution in [0, 0.1) is 6.92 Å². The molecule has 0 saturated heterocycles. The van der Waals surface area contributed by atoms with E-state index in [-0.39, 0.29) is 0 Å². The quantitative estimate of drug-likeness (QED) is 0.629. The molecule has 0 fully saturated rings. The predicted octanol–water partition coefficient (Wildman–Crippen LogP) is 5.66. The van der Waals surface area contributed by atoms with E-state index in [1.807, 2.05) is 12.1 Å². The minimum Gasteiger partial charge on any atom is -0.494 e. The fourth-order valence-electron chi connectivity index (χ4n) is 2.98. The number of ether oxygens (including phenoxy) is 2. The topological polar surface area (TPSA) is 18.5 Å². The van der Waals surface area contributed by atoms with Crippen molar-refractivity contribution in [1.82, 2.24) is 0 Å². The first kappa shape index (κ1) is 16.6. The molecule has 0 atom stereocenters. The van der Waals surface area contributed by atoms with Crippen molar-refractivity contribution in [2.24, 2.45) is 0 Å². The van der Waals surface area contributed by atoms with Crippen molar-refractivity contribution in [3.63, 3.8) is 0 Å². The van der Waals surface area contributed by atoms with Gasteiger partial charge >= 0.3 is 0 Å². The van der Waals surface area contributed by atoms with Crippen LogP contribution < -0.4 is 4.74 Å². The van der Waals surface area contributed by atoms with Crippen molar-refractivity contribution < 1.29 is 9.47 Å². The second-order valence-electron chi connectivity index (χ2n) is 6.54. The molecule has 0 radical (unpaired) electrons. The molecule has 2 heteroatoms. The number of rotatable bonds is 6. The van der Waals surface area contributed by atoms with Crippen molar-refractivity contribution in [1.29, 1.82) is 0 Å². The van der Waals surface area contributed by atoms with E-state index in [1.54, 1.807) is 0 Å². The fourth-order valence-corrected chi connectivity index (χ4v) is 2.98. The van der Waals surface area contributed by atoms with Crippen LogP contribution in [0.5, 0.6) is 5.75 Å². The minimum absolute atomic E-state index is 0.576. The normalized spacial score (nSPS) is 17.4. The van der Waals surface area contributed by atoms with Crippen molar-refractivity contribution in [3.05, 3.63) is 76.6 Å². The van der Waals surface area contributed by atoms with E-state index in [0.29, 0.717) is 13.2 Å². The molecule has 1 aromatic rings. The zero-order valence-corrected chi connectivity index (χ0v) is 14.7. The predicted molar refractivity (Wildman–Crippen MR) is 99.1 cm³/mol. The van der Waals surface area contributed by atoms with Crippen LogP contribution in [0.4, 0.5) is 0 Å². The van der Waals surface area contributed by atoms with Crippen LogP contribution in [0.25, 0.3) is 0 Å². The Morgan fingerprint density at radius 1 is 0.708 bits per heavy atom. The monoisotopic (exact) mass is 322 g/mol. The molecule has 0 N–H and O–H groups in total. The number of hydrogen-bond donors (Lipinski definition) is 0. The molecular formula is C22H26O2. The summed E-state index contributed by atoms with van der Waals surface area (Å²) in [6.07, 6.45) is 13.3. The van der Waals surface area contributed by atoms with Crippen molar-refractivity contribution >= 4 is 0 Å². The summed E-state index contributed by atoms with van der Waals surface area (Å²) in [5.74, 6) is 1.96. The van der Waals surface area contributed by atoms with Gasteiger partial charge in [0.05, 0.1) is 5.76 Å². The third-order valence-corrected chi connectivity index (χ3v) is 4.54. The van der Waals surface area contributed by atoms with Gasteiger partial charge in [0.2, 0.25) is 0 Å². The standard InChI is InChI=1S/C22H26O2/c1-17-3-7-19(8-4-17)20-9-13-22(14-10-20)24-16-15-23-21-11-5-18(2)6-12-21/h3,5-7,9,11-13H,4,8,10,14-16H2,1-2H3. The maximum atomic E-state index is 5.84. The maximum absolute atomic E-state index is 5.84. The summed E-state index contributed by atoms with van der Waals surface area (Å²) in [6, 6.07) is 8.11. The summed E-state index contributed by atoms with van der Waals surface area (Å²) < 4.78 is 11.5. The van der Waals surface area contributed by atoms with Gasteiger partial charge in [-0.15, -0.1) is 0 Å². The second-order valence-corrected chi connectivity index (χ2v) is 6.54. The molecule has 0 aliphatic heterocycles. The molecule has 2 aliphatic rings. The number of benzene rings is 1. The highest BCUT2D eigenvalue weighted by Gasteiger charge is 2.13. The van der Waals surface area contributed by atoms with Crippen LogP contribution in [0.1, 0.15) is 38.2 Å². The molecule has 2 aliphatic carbocycles. The Labute approximate surface area is 145 Å². The molecule has 0 aromatic heterocycles. The summed E-state index contributed by atoms with van der Waals surface area (Å²) >= 11 is 0. The van der Waals surface area contributed by atoms with Crippen LogP contribution in [-0.4, -0.2) is 13.2 Å². The third-order valence-electron chi connectivity index (χ3n) is 4.54. The van der Waals surface area contributed by atoms with Crippen molar-refractivity contribution in [2.75, 3.05) is 13.2 Å². The lowest BCUT2D eigenvalue weighted by molar-refractivity contribution is 0.149. The maximum Gasteiger partial charge on any atom is 0.122 e. The van der Waals surface area contributed by atoms with Gasteiger partial charge in [0.15, 0.2) is 0 Å². The van der Waals surface area contributed by atoms with Gasteiger partial charge in [-0.05, 0) is 62.5 Å². The lowest BCUT2D eigenvalue weighted by Gasteiger charge is -2.20. The van der Waals surface area contributed by atoms with Gasteiger partial charge in [-0.3, -0.25) is 0 Å². The molecule has 0 amide bonds. The number of hydrogen-bond acceptors (Lipinski definition) is 2. The molecule has 0 heterocycles. The average Bonchev–Trinajstić information content (AvgIpc) is 2.62. The molecular weight excluding hydrogens is 296 g/mol. The van der Waals surface area contributed by atoms with E-state index in [0.717, 1.165) is 24.4 Å². The molecule has 1 aromatic carbocycles. The SMILES string of the molecule is CC1=CC=C(C2=CC=C(OCCOc3ccc(C)cc3)CC2)CC1. The number of aryl methyl sites for hydroxylation is 1. The summed E-state index contributed by atoms with van der Waals surface area (Å²) in [5, 5.41) is 0. The van der Waals surface area contributed by atoms with Gasteiger partial charge < -0.3 is 9.47 Å². The van der Waals surface area contributed by atoms with Gasteiger partial charge in [-0.1, -0.05) is 41.5 Å². The van der Waals surface area contributed by atoms with Crippen LogP contribution in [0.3, 0.4) is 0 Å². The first-order valence-electron chi connectivity index (χ1n) is 8.79. The largest absolute Gasteiger partial charge is 0.494 e. The average molecular weight is 322 g/mol. The second kappa shape index (κ2) is 8.05. The van der Waals surface area contributed by atoms with Crippen molar-refractivity contribution in [3.8, 4) is 5.75 Å². The first-order valence-corrected chi connectivity index (χ1v) is 8.79. The Morgan fingerprint density at radius 3 is 2.00 bits per heavy atom. The highest BCUT2D eigenvalue weighted by atomic mass is 16.5. The Balaban J connectivity index is 1.44. The van der Waals surface area contributed by atoms with Gasteiger partial charge in [-0.25, -0.2) is 0 Å². The van der Waals surface area contributed by atoms with E-state index in [2.05, 4.69) is 50.3 Å². The molecule has 0 saturated carbocycles. The van der Waals surface area contributed by atoms with E-state index in [1.165, 1.54) is 35.1 Å². The van der Waals surface area contributed by atoms with Crippen molar-refractivity contribution in [2.45, 2.75) is 39.5 Å². The van der Waals surface area contributed by atoms with Crippen LogP contribution in [0.15, 0.2) is 71.0 Å². The molecule has 24 heavy (non-hydrogen) atoms. The highest BCUT2D eigenvalue weighted by Crippen LogP contribution is 2.30. The Morgan fingerprint density at radius 2 is 1.38 bits per heavy atom. The summed E-state index contributed by atoms with van der Waals surface area (Å²) in [4.78, 5) is 0. The zero-order valence-electron chi connectivity index (χ0n) is 14.7. The summed E-state index contributed by atoms with van der Waals surface area (Å²) in [7, 11) is 0. The molecule has 2 nitrogen and oxygen atoms in total. The third kappa shape index (κ3) is 4.64. The Bertz CT molecular complexity index is 687. The van der Waals surface area contributed by atoms with Gasteiger partial charge in [0.1, 0.15) is 19.0 Å². The molecule has 126 valence electrons. The zero-order chi connectivity index (χ0) is 16.8. The number of allylic oxidation sites excluding steroid dienone is 8. The first-order chi connectivity index (χ1) is 11.7. The molecule has 0 unspecified atom stereocenters. The van der Waals surface area contributed by atoms with Gasteiger partial charge in [0, 0.05) is 6.42 Å². The fraction of sp³-hybridized carbons (Fsp3) is 0.364. The smallest absolute Gasteiger partial charge is 0.122 e. The van der Waals surface area contributed by atoms with E-state index in [4.69, 9.17) is 9.47 Å². The Kier molecular flexibility index (Phi) is 5.58. The highest BCUT2D eigenvalue weighted by molar-refractivity contribution is 5.41. The molecule has 0 bridgehead atoms. The van der Waals surface area contributed by atoms with Gasteiger partial charge in [-0.2, -0.15) is 0 Å². The summed E-state index contributed by atoms with van der Waals surface area (Å²) in [6.45, 7) is 5.44. The van der Waals surface area contributed by atoms with Gasteiger partial charge in [0.25, 0.3) is 0 Å². The van der Waals surface area contributed by atoms with E-state index in [9.17, 15) is 0 Å². The Hall–Kier alpha value is -2.22. The van der Waals surface area contributed by atoms with E-state index < -0.39 is 0 Å². The minimum atomic E-state index is 0.576. The van der Waals surface area contributed by atoms with Crippen LogP contribution >= 0.6 is 0 Å². The van der Waals surface area contributed by atoms with Crippen LogP contribution in [-0.2, 0) is 4.74 Å². The van der Waals surface area contributed by atoms with Crippen LogP contribution in [0.2, 0.25) is 0 Å².